The van der Waals surface area contributed by atoms with Crippen LogP contribution < -0.4 is 0 Å². The Bertz CT molecular complexity index is 44.1. The van der Waals surface area contributed by atoms with Crippen molar-refractivity contribution < 1.29 is 29.4 Å². The van der Waals surface area contributed by atoms with Crippen LogP contribution in [0.25, 0.3) is 0 Å². The zero-order valence-corrected chi connectivity index (χ0v) is 5.03. The fraction of sp³-hybridized carbons (Fsp3) is 0.667. The van der Waals surface area contributed by atoms with Crippen LogP contribution in [-0.2, 0) is 24.3 Å². The van der Waals surface area contributed by atoms with Gasteiger partial charge in [-0.25, -0.2) is 0 Å². The molecule has 39 valence electrons. The van der Waals surface area contributed by atoms with Crippen LogP contribution in [0.15, 0.2) is 0 Å². The predicted octanol–water partition coefficient (Wildman–Crippen LogP) is 0.478. The van der Waals surface area contributed by atoms with Gasteiger partial charge in [0, 0.05) is 25.9 Å². The van der Waals surface area contributed by atoms with Gasteiger partial charge in [0.25, 0.3) is 0 Å². The summed E-state index contributed by atoms with van der Waals surface area (Å²) in [4.78, 5) is 9.37. The molecule has 6 heavy (non-hydrogen) atoms. The second-order valence-corrected chi connectivity index (χ2v) is 0.747. The van der Waals surface area contributed by atoms with Crippen LogP contribution in [0.2, 0.25) is 0 Å². The first-order chi connectivity index (χ1) is 2.27. The summed E-state index contributed by atoms with van der Waals surface area (Å²) in [6.45, 7) is 1.60. The third kappa shape index (κ3) is 8.94. The van der Waals surface area contributed by atoms with E-state index in [1.165, 1.54) is 0 Å². The van der Waals surface area contributed by atoms with E-state index in [1.807, 2.05) is 0 Å². The van der Waals surface area contributed by atoms with E-state index in [4.69, 9.17) is 5.11 Å². The molecular weight excluding hydrogens is 171 g/mol. The van der Waals surface area contributed by atoms with Gasteiger partial charge in [0.15, 0.2) is 0 Å². The topological polar surface area (TPSA) is 37.3 Å². The van der Waals surface area contributed by atoms with Crippen molar-refractivity contribution in [2.75, 3.05) is 0 Å². The molecule has 0 aromatic carbocycles. The largest absolute Gasteiger partial charge is 0.481 e. The van der Waals surface area contributed by atoms with Crippen LogP contribution in [0.3, 0.4) is 0 Å². The van der Waals surface area contributed by atoms with Gasteiger partial charge in [-0.05, 0) is 0 Å². The molecule has 1 N–H and O–H groups in total. The van der Waals surface area contributed by atoms with Crippen LogP contribution in [0.1, 0.15) is 13.3 Å². The van der Waals surface area contributed by atoms with Gasteiger partial charge in [0.2, 0.25) is 0 Å². The first-order valence-corrected chi connectivity index (χ1v) is 1.49. The molecule has 0 aliphatic carbocycles. The van der Waals surface area contributed by atoms with E-state index in [2.05, 4.69) is 0 Å². The first kappa shape index (κ1) is 9.43. The molecule has 1 radical (unpaired) electrons. The fourth-order valence-corrected chi connectivity index (χ4v) is 0. The number of carbonyl (C=O) groups is 1. The molecule has 0 saturated heterocycles. The van der Waals surface area contributed by atoms with Gasteiger partial charge >= 0.3 is 5.97 Å². The van der Waals surface area contributed by atoms with Gasteiger partial charge in [0.1, 0.15) is 0 Å². The van der Waals surface area contributed by atoms with Crippen LogP contribution in [0, 0.1) is 0 Å². The van der Waals surface area contributed by atoms with E-state index in [1.54, 1.807) is 6.92 Å². The minimum atomic E-state index is -0.745. The second-order valence-electron chi connectivity index (χ2n) is 0.747. The van der Waals surface area contributed by atoms with Crippen molar-refractivity contribution in [1.82, 2.24) is 0 Å². The first-order valence-electron chi connectivity index (χ1n) is 1.49. The summed E-state index contributed by atoms with van der Waals surface area (Å²) in [6, 6.07) is 0. The van der Waals surface area contributed by atoms with Gasteiger partial charge in [-0.3, -0.25) is 4.79 Å². The molecule has 0 aliphatic rings. The minimum Gasteiger partial charge on any atom is -0.481 e. The fourth-order valence-electron chi connectivity index (χ4n) is 0. The van der Waals surface area contributed by atoms with Crippen molar-refractivity contribution in [3.63, 3.8) is 0 Å². The van der Waals surface area contributed by atoms with Crippen LogP contribution in [0.5, 0.6) is 0 Å². The molecule has 0 heterocycles. The Labute approximate surface area is 49.3 Å². The van der Waals surface area contributed by atoms with Crippen molar-refractivity contribution in [3.05, 3.63) is 0 Å². The standard InChI is InChI=1S/C3H6O2.Rh/c1-2-3(4)5;/h2H2,1H3,(H,4,5);. The molecule has 0 unspecified atom stereocenters. The maximum Gasteiger partial charge on any atom is 0.303 e. The molecule has 0 aliphatic heterocycles. The quantitative estimate of drug-likeness (QED) is 0.591. The summed E-state index contributed by atoms with van der Waals surface area (Å²) >= 11 is 0. The average molecular weight is 177 g/mol. The Morgan fingerprint density at radius 2 is 2.00 bits per heavy atom. The molecule has 0 rings (SSSR count). The van der Waals surface area contributed by atoms with Gasteiger partial charge in [-0.2, -0.15) is 0 Å². The summed E-state index contributed by atoms with van der Waals surface area (Å²) < 4.78 is 0. The summed E-state index contributed by atoms with van der Waals surface area (Å²) in [5, 5.41) is 7.72. The molecule has 0 bridgehead atoms. The normalized spacial score (nSPS) is 6.17. The Morgan fingerprint density at radius 3 is 2.00 bits per heavy atom. The molecule has 3 heteroatoms. The van der Waals surface area contributed by atoms with E-state index in [-0.39, 0.29) is 25.9 Å². The molecule has 2 nitrogen and oxygen atoms in total. The summed E-state index contributed by atoms with van der Waals surface area (Å²) in [5.41, 5.74) is 0. The Morgan fingerprint density at radius 1 is 1.83 bits per heavy atom. The van der Waals surface area contributed by atoms with Crippen LogP contribution >= 0.6 is 0 Å². The second kappa shape index (κ2) is 5.09. The molecule has 0 atom stereocenters. The van der Waals surface area contributed by atoms with Gasteiger partial charge < -0.3 is 5.11 Å². The minimum absolute atomic E-state index is 0. The molecule has 0 spiro atoms. The predicted molar refractivity (Wildman–Crippen MR) is 17.9 cm³/mol. The molecule has 0 aromatic rings. The smallest absolute Gasteiger partial charge is 0.303 e. The maximum absolute atomic E-state index is 9.37. The van der Waals surface area contributed by atoms with Gasteiger partial charge in [0.05, 0.1) is 0 Å². The molecule has 0 saturated carbocycles. The Balaban J connectivity index is 0. The van der Waals surface area contributed by atoms with E-state index in [0.717, 1.165) is 0 Å². The molecule has 0 fully saturated rings. The number of hydrogen-bond donors (Lipinski definition) is 1. The number of carboxylic acid groups (broad SMARTS) is 1. The third-order valence-corrected chi connectivity index (χ3v) is 0.302. The van der Waals surface area contributed by atoms with E-state index in [9.17, 15) is 4.79 Å². The Kier molecular flexibility index (Phi) is 8.01. The zero-order chi connectivity index (χ0) is 4.28. The maximum atomic E-state index is 9.37. The molecule has 0 aromatic heterocycles. The summed E-state index contributed by atoms with van der Waals surface area (Å²) in [7, 11) is 0. The monoisotopic (exact) mass is 177 g/mol. The molecule has 0 amide bonds. The van der Waals surface area contributed by atoms with E-state index >= 15 is 0 Å². The summed E-state index contributed by atoms with van der Waals surface area (Å²) in [6.07, 6.45) is 0.222. The van der Waals surface area contributed by atoms with Crippen molar-refractivity contribution in [3.8, 4) is 0 Å². The Hall–Kier alpha value is 0.0934. The zero-order valence-electron chi connectivity index (χ0n) is 3.40. The number of rotatable bonds is 1. The van der Waals surface area contributed by atoms with E-state index in [0.29, 0.717) is 0 Å². The average Bonchev–Trinajstić information content (AvgIpc) is 1.38. The van der Waals surface area contributed by atoms with Crippen molar-refractivity contribution in [1.29, 1.82) is 0 Å². The van der Waals surface area contributed by atoms with E-state index < -0.39 is 5.97 Å². The summed E-state index contributed by atoms with van der Waals surface area (Å²) in [5.74, 6) is -0.745. The van der Waals surface area contributed by atoms with Crippen LogP contribution in [0.4, 0.5) is 0 Å². The molecular formula is C3H6O2Rh. The van der Waals surface area contributed by atoms with Crippen molar-refractivity contribution in [2.24, 2.45) is 0 Å². The van der Waals surface area contributed by atoms with Gasteiger partial charge in [-0.15, -0.1) is 0 Å². The van der Waals surface area contributed by atoms with Crippen molar-refractivity contribution in [2.45, 2.75) is 13.3 Å². The van der Waals surface area contributed by atoms with Crippen molar-refractivity contribution >= 4 is 5.97 Å². The SMILES string of the molecule is CCC(=O)O.[Rh]. The number of aliphatic carboxylic acids is 1. The van der Waals surface area contributed by atoms with Crippen LogP contribution in [-0.4, -0.2) is 11.1 Å². The number of hydrogen-bond acceptors (Lipinski definition) is 1. The third-order valence-electron chi connectivity index (χ3n) is 0.302. The number of carboxylic acids is 1. The van der Waals surface area contributed by atoms with Gasteiger partial charge in [-0.1, -0.05) is 6.92 Å².